The minimum absolute atomic E-state index is 0.0532. The van der Waals surface area contributed by atoms with Crippen LogP contribution in [0.15, 0.2) is 30.3 Å². The van der Waals surface area contributed by atoms with E-state index in [2.05, 4.69) is 16.0 Å². The number of hydrogen-bond acceptors (Lipinski definition) is 6. The topological polar surface area (TPSA) is 120 Å². The van der Waals surface area contributed by atoms with Crippen molar-refractivity contribution >= 4 is 23.6 Å². The van der Waals surface area contributed by atoms with E-state index in [-0.39, 0.29) is 53.4 Å². The number of likely N-dealkylation sites (tertiary alicyclic amines) is 1. The molecular formula is C29H39N5O5. The number of nitrogens with one attached hydrogen (secondary N) is 3. The second-order valence-corrected chi connectivity index (χ2v) is 12.7. The summed E-state index contributed by atoms with van der Waals surface area (Å²) in [5, 5.41) is 9.01. The van der Waals surface area contributed by atoms with E-state index in [1.54, 1.807) is 7.05 Å². The lowest BCUT2D eigenvalue weighted by Gasteiger charge is -2.50. The first kappa shape index (κ1) is 26.3. The van der Waals surface area contributed by atoms with Gasteiger partial charge >= 0.3 is 0 Å². The molecule has 6 fully saturated rings. The molecule has 3 N–H and O–H groups in total. The van der Waals surface area contributed by atoms with Crippen LogP contribution in [-0.4, -0.2) is 91.9 Å². The number of likely N-dealkylation sites (N-methyl/N-ethyl adjacent to an activating group) is 1. The fourth-order valence-electron chi connectivity index (χ4n) is 7.65. The number of rotatable bonds is 5. The van der Waals surface area contributed by atoms with Crippen LogP contribution < -0.4 is 16.0 Å². The summed E-state index contributed by atoms with van der Waals surface area (Å²) in [7, 11) is 1.55. The molecule has 4 amide bonds. The Morgan fingerprint density at radius 2 is 1.87 bits per heavy atom. The number of fused-ring (bicyclic) bond motifs is 3. The summed E-state index contributed by atoms with van der Waals surface area (Å²) in [5.74, 6) is -1.58. The van der Waals surface area contributed by atoms with E-state index in [0.29, 0.717) is 32.7 Å². The van der Waals surface area contributed by atoms with Crippen molar-refractivity contribution in [2.24, 2.45) is 34.5 Å². The van der Waals surface area contributed by atoms with Crippen LogP contribution in [-0.2, 0) is 30.5 Å². The van der Waals surface area contributed by atoms with Crippen molar-refractivity contribution in [3.05, 3.63) is 35.9 Å². The molecule has 5 aliphatic heterocycles. The maximum absolute atomic E-state index is 14.0. The maximum atomic E-state index is 14.0. The zero-order valence-corrected chi connectivity index (χ0v) is 22.9. The number of ether oxygens (including phenoxy) is 1. The predicted molar refractivity (Wildman–Crippen MR) is 142 cm³/mol. The van der Waals surface area contributed by atoms with Crippen molar-refractivity contribution in [2.45, 2.75) is 39.0 Å². The largest absolute Gasteiger partial charge is 0.371 e. The molecule has 210 valence electrons. The molecule has 7 rings (SSSR count). The highest BCUT2D eigenvalue weighted by molar-refractivity contribution is 5.92. The molecule has 1 saturated carbocycles. The van der Waals surface area contributed by atoms with E-state index in [1.807, 2.05) is 54.0 Å². The van der Waals surface area contributed by atoms with Crippen molar-refractivity contribution in [2.75, 3.05) is 46.3 Å². The minimum Gasteiger partial charge on any atom is -0.371 e. The van der Waals surface area contributed by atoms with Crippen LogP contribution in [0.1, 0.15) is 25.8 Å². The summed E-state index contributed by atoms with van der Waals surface area (Å²) in [5.41, 5.74) is 0.0733. The van der Waals surface area contributed by atoms with Gasteiger partial charge in [-0.1, -0.05) is 44.2 Å². The molecule has 5 saturated heterocycles. The minimum atomic E-state index is -0.959. The maximum Gasteiger partial charge on any atom is 0.245 e. The third kappa shape index (κ3) is 4.32. The number of carbonyl (C=O) groups is 4. The highest BCUT2D eigenvalue weighted by atomic mass is 16.5. The van der Waals surface area contributed by atoms with Gasteiger partial charge in [0.15, 0.2) is 0 Å². The molecule has 39 heavy (non-hydrogen) atoms. The molecule has 0 radical (unpaired) electrons. The summed E-state index contributed by atoms with van der Waals surface area (Å²) < 4.78 is 6.43. The van der Waals surface area contributed by atoms with Gasteiger partial charge in [0.2, 0.25) is 23.6 Å². The van der Waals surface area contributed by atoms with Crippen LogP contribution in [0.5, 0.6) is 0 Å². The van der Waals surface area contributed by atoms with Crippen molar-refractivity contribution in [3.8, 4) is 0 Å². The molecular weight excluding hydrogens is 498 g/mol. The zero-order valence-electron chi connectivity index (χ0n) is 22.9. The number of carbonyl (C=O) groups excluding carboxylic acids is 4. The Balaban J connectivity index is 1.32. The van der Waals surface area contributed by atoms with Gasteiger partial charge in [-0.3, -0.25) is 19.2 Å². The van der Waals surface area contributed by atoms with Crippen LogP contribution in [0.25, 0.3) is 0 Å². The molecule has 10 heteroatoms. The van der Waals surface area contributed by atoms with Crippen molar-refractivity contribution < 1.29 is 23.9 Å². The molecule has 10 nitrogen and oxygen atoms in total. The molecule has 1 aromatic rings. The molecule has 6 atom stereocenters. The lowest BCUT2D eigenvalue weighted by molar-refractivity contribution is -0.152. The third-order valence-electron chi connectivity index (χ3n) is 9.98. The van der Waals surface area contributed by atoms with E-state index >= 15 is 0 Å². The number of nitrogens with zero attached hydrogens (tertiary/aromatic N) is 2. The van der Waals surface area contributed by atoms with Crippen LogP contribution in [0.3, 0.4) is 0 Å². The van der Waals surface area contributed by atoms with E-state index in [4.69, 9.17) is 4.74 Å². The first-order chi connectivity index (χ1) is 18.7. The Kier molecular flexibility index (Phi) is 6.45. The zero-order chi connectivity index (χ0) is 27.5. The second kappa shape index (κ2) is 9.59. The van der Waals surface area contributed by atoms with Gasteiger partial charge < -0.3 is 30.5 Å². The average Bonchev–Trinajstić information content (AvgIpc) is 3.31. The van der Waals surface area contributed by atoms with Crippen LogP contribution >= 0.6 is 0 Å². The number of hydrogen-bond donors (Lipinski definition) is 3. The quantitative estimate of drug-likeness (QED) is 0.486. The monoisotopic (exact) mass is 537 g/mol. The fourth-order valence-corrected chi connectivity index (χ4v) is 7.65. The van der Waals surface area contributed by atoms with Gasteiger partial charge in [-0.25, -0.2) is 0 Å². The summed E-state index contributed by atoms with van der Waals surface area (Å²) >= 11 is 0. The number of amides is 4. The Bertz CT molecular complexity index is 1160. The van der Waals surface area contributed by atoms with Crippen LogP contribution in [0, 0.1) is 34.5 Å². The lowest BCUT2D eigenvalue weighted by atomic mass is 9.71. The van der Waals surface area contributed by atoms with E-state index < -0.39 is 23.5 Å². The van der Waals surface area contributed by atoms with Gasteiger partial charge in [-0.05, 0) is 23.9 Å². The summed E-state index contributed by atoms with van der Waals surface area (Å²) in [4.78, 5) is 58.0. The molecule has 1 aromatic carbocycles. The Morgan fingerprint density at radius 1 is 1.13 bits per heavy atom. The van der Waals surface area contributed by atoms with Crippen molar-refractivity contribution in [3.63, 3.8) is 0 Å². The summed E-state index contributed by atoms with van der Waals surface area (Å²) in [6.45, 7) is 7.48. The highest BCUT2D eigenvalue weighted by Gasteiger charge is 2.70. The lowest BCUT2D eigenvalue weighted by Crippen LogP contribution is -2.65. The average molecular weight is 538 g/mol. The second-order valence-electron chi connectivity index (χ2n) is 12.7. The molecule has 6 aliphatic rings. The molecule has 2 bridgehead atoms. The smallest absolute Gasteiger partial charge is 0.245 e. The predicted octanol–water partition coefficient (Wildman–Crippen LogP) is -0.0151. The number of benzene rings is 1. The standard InChI is InChI=1S/C29H39N5O5/c1-28(2)20-21(28)27(38)34-15-29(16-34)14-33(26(37)18-9-10-31-11-18)12-19(29)24(35)32-22(25(36)30-3)23(20)39-13-17-7-5-4-6-8-17/h4-8,18-23,31H,9-16H2,1-3H3,(H,30,36)(H,32,35)/t18?,19-,20?,21-,22+,23-/m1/s1. The van der Waals surface area contributed by atoms with Crippen molar-refractivity contribution in [1.29, 1.82) is 0 Å². The Labute approximate surface area is 229 Å². The van der Waals surface area contributed by atoms with E-state index in [9.17, 15) is 19.2 Å². The first-order valence-corrected chi connectivity index (χ1v) is 14.1. The van der Waals surface area contributed by atoms with E-state index in [1.165, 1.54) is 0 Å². The van der Waals surface area contributed by atoms with E-state index in [0.717, 1.165) is 18.5 Å². The van der Waals surface area contributed by atoms with Gasteiger partial charge in [0.05, 0.1) is 24.5 Å². The molecule has 2 unspecified atom stereocenters. The molecule has 0 aromatic heterocycles. The van der Waals surface area contributed by atoms with Gasteiger partial charge in [-0.2, -0.15) is 0 Å². The Morgan fingerprint density at radius 3 is 2.54 bits per heavy atom. The molecule has 1 spiro atoms. The normalized spacial score (nSPS) is 34.2. The Hall–Kier alpha value is -2.98. The molecule has 5 heterocycles. The third-order valence-corrected chi connectivity index (χ3v) is 9.98. The summed E-state index contributed by atoms with van der Waals surface area (Å²) in [6.07, 6.45) is 0.107. The fraction of sp³-hybridized carbons (Fsp3) is 0.655. The van der Waals surface area contributed by atoms with Crippen LogP contribution in [0.2, 0.25) is 0 Å². The summed E-state index contributed by atoms with van der Waals surface area (Å²) in [6, 6.07) is 8.73. The van der Waals surface area contributed by atoms with Gasteiger partial charge in [-0.15, -0.1) is 0 Å². The van der Waals surface area contributed by atoms with Crippen molar-refractivity contribution in [1.82, 2.24) is 25.8 Å². The van der Waals surface area contributed by atoms with Gasteiger partial charge in [0.1, 0.15) is 6.04 Å². The first-order valence-electron chi connectivity index (χ1n) is 14.1. The van der Waals surface area contributed by atoms with Crippen LogP contribution in [0.4, 0.5) is 0 Å². The van der Waals surface area contributed by atoms with Gasteiger partial charge in [0.25, 0.3) is 0 Å². The molecule has 1 aliphatic carbocycles. The van der Waals surface area contributed by atoms with Gasteiger partial charge in [0, 0.05) is 57.0 Å². The highest BCUT2D eigenvalue weighted by Crippen LogP contribution is 2.63. The SMILES string of the molecule is CNC(=O)[C@H]1NC(=O)[C@H]2CN(C(=O)C3CCNC3)CC23CN(C3)C(=O)[C@H]2C([C@H]1OCc1ccccc1)C2(C)C.